The number of hydrogen-bond donors (Lipinski definition) is 2. The third-order valence-corrected chi connectivity index (χ3v) is 3.10. The number of nitrogens with zero attached hydrogens (tertiary/aromatic N) is 1. The van der Waals surface area contributed by atoms with E-state index < -0.39 is 0 Å². The lowest BCUT2D eigenvalue weighted by Gasteiger charge is -2.08. The summed E-state index contributed by atoms with van der Waals surface area (Å²) < 4.78 is 23.8. The smallest absolute Gasteiger partial charge is 0.191 e. The minimum atomic E-state index is -0.388. The van der Waals surface area contributed by atoms with Gasteiger partial charge in [0.1, 0.15) is 5.82 Å². The van der Waals surface area contributed by atoms with E-state index in [1.54, 1.807) is 50.8 Å². The van der Waals surface area contributed by atoms with Gasteiger partial charge in [0.2, 0.25) is 0 Å². The normalized spacial score (nSPS) is 10.4. The van der Waals surface area contributed by atoms with Crippen LogP contribution in [0.1, 0.15) is 5.56 Å². The molecule has 0 heterocycles. The lowest BCUT2D eigenvalue weighted by molar-refractivity contribution is 0.355. The fraction of sp³-hybridized carbons (Fsp3) is 0.125. The van der Waals surface area contributed by atoms with Crippen LogP contribution in [0.5, 0.6) is 11.5 Å². The number of anilines is 1. The molecule has 0 bridgehead atoms. The Morgan fingerprint density at radius 2 is 1.87 bits per heavy atom. The highest BCUT2D eigenvalue weighted by Gasteiger charge is 2.04. The van der Waals surface area contributed by atoms with Gasteiger partial charge in [0, 0.05) is 0 Å². The number of para-hydroxylation sites is 1. The number of hydrazone groups is 1. The van der Waals surface area contributed by atoms with E-state index in [0.29, 0.717) is 11.5 Å². The van der Waals surface area contributed by atoms with Crippen molar-refractivity contribution >= 4 is 29.2 Å². The molecule has 0 saturated carbocycles. The Labute approximate surface area is 139 Å². The van der Waals surface area contributed by atoms with Gasteiger partial charge in [-0.1, -0.05) is 12.1 Å². The van der Waals surface area contributed by atoms with Crippen molar-refractivity contribution in [2.24, 2.45) is 5.10 Å². The van der Waals surface area contributed by atoms with Crippen molar-refractivity contribution in [3.8, 4) is 11.5 Å². The Bertz CT molecular complexity index is 722. The van der Waals surface area contributed by atoms with Crippen molar-refractivity contribution < 1.29 is 13.9 Å². The SMILES string of the molecule is COc1ccc(/C=N/NC(=S)Nc2ccccc2F)cc1OC. The highest BCUT2D eigenvalue weighted by molar-refractivity contribution is 7.80. The fourth-order valence-corrected chi connectivity index (χ4v) is 1.97. The van der Waals surface area contributed by atoms with Gasteiger partial charge < -0.3 is 14.8 Å². The molecule has 2 aromatic rings. The first-order valence-electron chi connectivity index (χ1n) is 6.70. The molecule has 2 rings (SSSR count). The zero-order valence-corrected chi connectivity index (χ0v) is 13.5. The zero-order valence-electron chi connectivity index (χ0n) is 12.7. The summed E-state index contributed by atoms with van der Waals surface area (Å²) >= 11 is 5.05. The van der Waals surface area contributed by atoms with E-state index in [1.807, 2.05) is 6.07 Å². The monoisotopic (exact) mass is 333 g/mol. The summed E-state index contributed by atoms with van der Waals surface area (Å²) in [5.74, 6) is 0.846. The van der Waals surface area contributed by atoms with Crippen LogP contribution in [-0.4, -0.2) is 25.5 Å². The molecule has 0 aliphatic heterocycles. The zero-order chi connectivity index (χ0) is 16.7. The first-order valence-corrected chi connectivity index (χ1v) is 7.11. The summed E-state index contributed by atoms with van der Waals surface area (Å²) in [4.78, 5) is 0. The summed E-state index contributed by atoms with van der Waals surface area (Å²) in [6, 6.07) is 11.6. The van der Waals surface area contributed by atoms with Crippen LogP contribution in [0.4, 0.5) is 10.1 Å². The van der Waals surface area contributed by atoms with E-state index in [9.17, 15) is 4.39 Å². The van der Waals surface area contributed by atoms with Crippen molar-refractivity contribution in [1.82, 2.24) is 5.43 Å². The molecule has 0 atom stereocenters. The van der Waals surface area contributed by atoms with Crippen molar-refractivity contribution in [2.75, 3.05) is 19.5 Å². The lowest BCUT2D eigenvalue weighted by atomic mass is 10.2. The third-order valence-electron chi connectivity index (χ3n) is 2.91. The van der Waals surface area contributed by atoms with Crippen molar-refractivity contribution in [1.29, 1.82) is 0 Å². The number of ether oxygens (including phenoxy) is 2. The van der Waals surface area contributed by atoms with Crippen LogP contribution >= 0.6 is 12.2 Å². The predicted molar refractivity (Wildman–Crippen MR) is 92.9 cm³/mol. The Hall–Kier alpha value is -2.67. The molecular formula is C16H16FN3O2S. The van der Waals surface area contributed by atoms with Crippen LogP contribution in [0.3, 0.4) is 0 Å². The highest BCUT2D eigenvalue weighted by Crippen LogP contribution is 2.26. The second-order valence-corrected chi connectivity index (χ2v) is 4.83. The first kappa shape index (κ1) is 16.7. The van der Waals surface area contributed by atoms with Gasteiger partial charge >= 0.3 is 0 Å². The molecule has 7 heteroatoms. The van der Waals surface area contributed by atoms with E-state index in [4.69, 9.17) is 21.7 Å². The molecular weight excluding hydrogens is 317 g/mol. The molecule has 5 nitrogen and oxygen atoms in total. The van der Waals surface area contributed by atoms with E-state index in [-0.39, 0.29) is 16.6 Å². The number of thiocarbonyl (C=S) groups is 1. The molecule has 0 unspecified atom stereocenters. The van der Waals surface area contributed by atoms with Gasteiger partial charge in [-0.05, 0) is 48.1 Å². The predicted octanol–water partition coefficient (Wildman–Crippen LogP) is 3.16. The number of methoxy groups -OCH3 is 2. The topological polar surface area (TPSA) is 54.9 Å². The maximum absolute atomic E-state index is 13.5. The summed E-state index contributed by atoms with van der Waals surface area (Å²) in [6.45, 7) is 0. The second kappa shape index (κ2) is 8.09. The van der Waals surface area contributed by atoms with Gasteiger partial charge in [0.05, 0.1) is 26.1 Å². The molecule has 23 heavy (non-hydrogen) atoms. The first-order chi connectivity index (χ1) is 11.1. The van der Waals surface area contributed by atoms with Crippen LogP contribution in [0, 0.1) is 5.82 Å². The average molecular weight is 333 g/mol. The molecule has 2 aromatic carbocycles. The summed E-state index contributed by atoms with van der Waals surface area (Å²) in [5, 5.41) is 6.91. The number of hydrogen-bond acceptors (Lipinski definition) is 4. The molecule has 0 fully saturated rings. The van der Waals surface area contributed by atoms with Crippen LogP contribution in [0.2, 0.25) is 0 Å². The lowest BCUT2D eigenvalue weighted by Crippen LogP contribution is -2.24. The van der Waals surface area contributed by atoms with Gasteiger partial charge in [-0.2, -0.15) is 5.10 Å². The number of nitrogens with one attached hydrogen (secondary N) is 2. The van der Waals surface area contributed by atoms with Crippen LogP contribution < -0.4 is 20.2 Å². The van der Waals surface area contributed by atoms with E-state index in [0.717, 1.165) is 5.56 Å². The molecule has 0 aromatic heterocycles. The molecule has 0 aliphatic carbocycles. The molecule has 0 spiro atoms. The van der Waals surface area contributed by atoms with Gasteiger partial charge in [-0.25, -0.2) is 4.39 Å². The van der Waals surface area contributed by atoms with Crippen molar-refractivity contribution in [3.05, 3.63) is 53.8 Å². The number of benzene rings is 2. The van der Waals surface area contributed by atoms with Crippen molar-refractivity contribution in [2.45, 2.75) is 0 Å². The number of halogens is 1. The highest BCUT2D eigenvalue weighted by atomic mass is 32.1. The molecule has 2 N–H and O–H groups in total. The molecule has 0 aliphatic rings. The minimum absolute atomic E-state index is 0.187. The maximum Gasteiger partial charge on any atom is 0.191 e. The Morgan fingerprint density at radius 1 is 1.13 bits per heavy atom. The summed E-state index contributed by atoms with van der Waals surface area (Å²) in [7, 11) is 3.13. The Balaban J connectivity index is 1.96. The van der Waals surface area contributed by atoms with Gasteiger partial charge in [-0.3, -0.25) is 5.43 Å². The molecule has 120 valence electrons. The Kier molecular flexibility index (Phi) is 5.87. The largest absolute Gasteiger partial charge is 0.493 e. The van der Waals surface area contributed by atoms with Crippen molar-refractivity contribution in [3.63, 3.8) is 0 Å². The van der Waals surface area contributed by atoms with Gasteiger partial charge in [-0.15, -0.1) is 0 Å². The third kappa shape index (κ3) is 4.65. The average Bonchev–Trinajstić information content (AvgIpc) is 2.56. The second-order valence-electron chi connectivity index (χ2n) is 4.42. The van der Waals surface area contributed by atoms with Crippen LogP contribution in [0.25, 0.3) is 0 Å². The van der Waals surface area contributed by atoms with Crippen LogP contribution in [0.15, 0.2) is 47.6 Å². The van der Waals surface area contributed by atoms with E-state index in [2.05, 4.69) is 15.8 Å². The summed E-state index contributed by atoms with van der Waals surface area (Å²) in [5.41, 5.74) is 3.70. The molecule has 0 amide bonds. The Morgan fingerprint density at radius 3 is 2.57 bits per heavy atom. The summed E-state index contributed by atoms with van der Waals surface area (Å²) in [6.07, 6.45) is 1.57. The molecule has 0 saturated heterocycles. The molecule has 0 radical (unpaired) electrons. The van der Waals surface area contributed by atoms with Crippen LogP contribution in [-0.2, 0) is 0 Å². The minimum Gasteiger partial charge on any atom is -0.493 e. The maximum atomic E-state index is 13.5. The van der Waals surface area contributed by atoms with Gasteiger partial charge in [0.25, 0.3) is 0 Å². The fourth-order valence-electron chi connectivity index (χ4n) is 1.81. The quantitative estimate of drug-likeness (QED) is 0.500. The van der Waals surface area contributed by atoms with Gasteiger partial charge in [0.15, 0.2) is 16.6 Å². The van der Waals surface area contributed by atoms with E-state index >= 15 is 0 Å². The van der Waals surface area contributed by atoms with E-state index in [1.165, 1.54) is 6.07 Å². The number of rotatable bonds is 5. The standard InChI is InChI=1S/C16H16FN3O2S/c1-21-14-8-7-11(9-15(14)22-2)10-18-20-16(23)19-13-6-4-3-5-12(13)17/h3-10H,1-2H3,(H2,19,20,23)/b18-10+.